The second-order valence-electron chi connectivity index (χ2n) is 4.03. The molecule has 3 rings (SSSR count). The third-order valence-corrected chi connectivity index (χ3v) is 2.81. The lowest BCUT2D eigenvalue weighted by atomic mass is 10.3. The van der Waals surface area contributed by atoms with Crippen LogP contribution < -0.4 is 0 Å². The molecule has 0 unspecified atom stereocenters. The molecule has 1 aliphatic carbocycles. The maximum Gasteiger partial charge on any atom is 0.341 e. The summed E-state index contributed by atoms with van der Waals surface area (Å²) in [5, 5.41) is 13.0. The lowest BCUT2D eigenvalue weighted by Crippen LogP contribution is -2.03. The highest BCUT2D eigenvalue weighted by molar-refractivity contribution is 5.94. The van der Waals surface area contributed by atoms with Gasteiger partial charge in [0.25, 0.3) is 0 Å². The quantitative estimate of drug-likeness (QED) is 0.820. The topological polar surface area (TPSA) is 59.5 Å². The van der Waals surface area contributed by atoms with Crippen molar-refractivity contribution in [2.45, 2.75) is 19.4 Å². The summed E-state index contributed by atoms with van der Waals surface area (Å²) >= 11 is 0. The molecule has 0 amide bonds. The molecule has 1 fully saturated rings. The van der Waals surface area contributed by atoms with Crippen LogP contribution in [0.2, 0.25) is 0 Å². The Morgan fingerprint density at radius 1 is 1.53 bits per heavy atom. The van der Waals surface area contributed by atoms with Crippen LogP contribution in [0.1, 0.15) is 23.2 Å². The van der Waals surface area contributed by atoms with Gasteiger partial charge < -0.3 is 9.67 Å². The molecule has 1 aliphatic rings. The van der Waals surface area contributed by atoms with E-state index in [1.54, 1.807) is 10.7 Å². The summed E-state index contributed by atoms with van der Waals surface area (Å²) in [5.74, 6) is -0.196. The van der Waals surface area contributed by atoms with E-state index in [0.29, 0.717) is 5.65 Å². The summed E-state index contributed by atoms with van der Waals surface area (Å²) in [4.78, 5) is 11.0. The third-order valence-electron chi connectivity index (χ3n) is 2.81. The molecule has 0 spiro atoms. The molecule has 0 aromatic carbocycles. The van der Waals surface area contributed by atoms with Crippen molar-refractivity contribution in [3.63, 3.8) is 0 Å². The van der Waals surface area contributed by atoms with Crippen molar-refractivity contribution >= 4 is 11.6 Å². The smallest absolute Gasteiger partial charge is 0.341 e. The standard InChI is InChI=1S/C10H11N3O2/c14-10(15)8-5-11-13-4-3-12(9(8)13)6-7-1-2-7/h3-5,7H,1-2,6H2,(H,14,15). The number of carboxylic acid groups (broad SMARTS) is 1. The van der Waals surface area contributed by atoms with Crippen LogP contribution in [0.25, 0.3) is 5.65 Å². The normalized spacial score (nSPS) is 16.0. The first-order valence-electron chi connectivity index (χ1n) is 5.01. The molecule has 2 heterocycles. The number of hydrogen-bond acceptors (Lipinski definition) is 2. The van der Waals surface area contributed by atoms with Crippen molar-refractivity contribution in [3.05, 3.63) is 24.2 Å². The van der Waals surface area contributed by atoms with Crippen molar-refractivity contribution < 1.29 is 9.90 Å². The van der Waals surface area contributed by atoms with Crippen LogP contribution in [-0.2, 0) is 6.54 Å². The van der Waals surface area contributed by atoms with Gasteiger partial charge >= 0.3 is 5.97 Å². The molecular formula is C10H11N3O2. The predicted octanol–water partition coefficient (Wildman–Crippen LogP) is 1.24. The number of aromatic nitrogens is 3. The number of carboxylic acids is 1. The van der Waals surface area contributed by atoms with E-state index in [2.05, 4.69) is 5.10 Å². The summed E-state index contributed by atoms with van der Waals surface area (Å²) in [5.41, 5.74) is 0.968. The van der Waals surface area contributed by atoms with E-state index in [0.717, 1.165) is 12.5 Å². The number of rotatable bonds is 3. The number of fused-ring (bicyclic) bond motifs is 1. The highest BCUT2D eigenvalue weighted by Gasteiger charge is 2.24. The van der Waals surface area contributed by atoms with Gasteiger partial charge in [0, 0.05) is 18.9 Å². The Labute approximate surface area is 85.9 Å². The minimum atomic E-state index is -0.916. The summed E-state index contributed by atoms with van der Waals surface area (Å²) in [6.07, 6.45) is 7.60. The number of hydrogen-bond donors (Lipinski definition) is 1. The zero-order valence-corrected chi connectivity index (χ0v) is 8.13. The molecule has 0 aliphatic heterocycles. The Balaban J connectivity index is 2.11. The molecule has 0 saturated heterocycles. The Morgan fingerprint density at radius 2 is 2.33 bits per heavy atom. The molecule has 0 bridgehead atoms. The molecule has 2 aromatic rings. The molecule has 0 atom stereocenters. The minimum absolute atomic E-state index is 0.278. The van der Waals surface area contributed by atoms with Gasteiger partial charge in [-0.15, -0.1) is 0 Å². The lowest BCUT2D eigenvalue weighted by molar-refractivity contribution is 0.0698. The van der Waals surface area contributed by atoms with Crippen molar-refractivity contribution in [1.82, 2.24) is 14.2 Å². The van der Waals surface area contributed by atoms with Crippen molar-refractivity contribution in [2.75, 3.05) is 0 Å². The number of nitrogens with zero attached hydrogens (tertiary/aromatic N) is 3. The first kappa shape index (κ1) is 8.52. The van der Waals surface area contributed by atoms with Crippen LogP contribution >= 0.6 is 0 Å². The van der Waals surface area contributed by atoms with Gasteiger partial charge in [0.2, 0.25) is 0 Å². The van der Waals surface area contributed by atoms with Crippen molar-refractivity contribution in [1.29, 1.82) is 0 Å². The van der Waals surface area contributed by atoms with E-state index < -0.39 is 5.97 Å². The van der Waals surface area contributed by atoms with Gasteiger partial charge in [-0.25, -0.2) is 9.31 Å². The highest BCUT2D eigenvalue weighted by Crippen LogP contribution is 2.31. The van der Waals surface area contributed by atoms with Gasteiger partial charge in [-0.3, -0.25) is 0 Å². The van der Waals surface area contributed by atoms with Crippen LogP contribution in [0.15, 0.2) is 18.6 Å². The second kappa shape index (κ2) is 2.85. The minimum Gasteiger partial charge on any atom is -0.477 e. The lowest BCUT2D eigenvalue weighted by Gasteiger charge is -2.01. The molecule has 1 saturated carbocycles. The van der Waals surface area contributed by atoms with Gasteiger partial charge in [-0.1, -0.05) is 0 Å². The van der Waals surface area contributed by atoms with Crippen LogP contribution in [0, 0.1) is 5.92 Å². The first-order chi connectivity index (χ1) is 7.25. The monoisotopic (exact) mass is 205 g/mol. The summed E-state index contributed by atoms with van der Waals surface area (Å²) in [7, 11) is 0. The summed E-state index contributed by atoms with van der Waals surface area (Å²) in [6, 6.07) is 0. The highest BCUT2D eigenvalue weighted by atomic mass is 16.4. The number of aromatic carboxylic acids is 1. The van der Waals surface area contributed by atoms with Crippen LogP contribution in [-0.4, -0.2) is 25.3 Å². The average Bonchev–Trinajstić information content (AvgIpc) is 2.76. The van der Waals surface area contributed by atoms with E-state index >= 15 is 0 Å². The van der Waals surface area contributed by atoms with Crippen LogP contribution in [0.5, 0.6) is 0 Å². The van der Waals surface area contributed by atoms with Gasteiger partial charge in [0.15, 0.2) is 0 Å². The first-order valence-corrected chi connectivity index (χ1v) is 5.01. The van der Waals surface area contributed by atoms with Gasteiger partial charge in [-0.2, -0.15) is 5.10 Å². The molecule has 78 valence electrons. The van der Waals surface area contributed by atoms with E-state index in [-0.39, 0.29) is 5.56 Å². The zero-order valence-electron chi connectivity index (χ0n) is 8.13. The molecular weight excluding hydrogens is 194 g/mol. The van der Waals surface area contributed by atoms with Gasteiger partial charge in [0.05, 0.1) is 6.20 Å². The Morgan fingerprint density at radius 3 is 3.00 bits per heavy atom. The molecule has 5 heteroatoms. The largest absolute Gasteiger partial charge is 0.477 e. The fourth-order valence-corrected chi connectivity index (χ4v) is 1.84. The predicted molar refractivity (Wildman–Crippen MR) is 52.9 cm³/mol. The fraction of sp³-hybridized carbons (Fsp3) is 0.400. The molecule has 15 heavy (non-hydrogen) atoms. The van der Waals surface area contributed by atoms with E-state index in [4.69, 9.17) is 5.11 Å². The summed E-state index contributed by atoms with van der Waals surface area (Å²) in [6.45, 7) is 0.905. The van der Waals surface area contributed by atoms with E-state index in [9.17, 15) is 4.79 Å². The Kier molecular flexibility index (Phi) is 1.62. The zero-order chi connectivity index (χ0) is 10.4. The third kappa shape index (κ3) is 1.31. The van der Waals surface area contributed by atoms with Crippen molar-refractivity contribution in [2.24, 2.45) is 5.92 Å². The maximum atomic E-state index is 11.0. The number of imidazole rings is 1. The fourth-order valence-electron chi connectivity index (χ4n) is 1.84. The number of carbonyl (C=O) groups is 1. The van der Waals surface area contributed by atoms with E-state index in [1.165, 1.54) is 19.0 Å². The second-order valence-corrected chi connectivity index (χ2v) is 4.03. The van der Waals surface area contributed by atoms with Crippen LogP contribution in [0.3, 0.4) is 0 Å². The summed E-state index contributed by atoms with van der Waals surface area (Å²) < 4.78 is 3.60. The molecule has 0 radical (unpaired) electrons. The molecule has 5 nitrogen and oxygen atoms in total. The average molecular weight is 205 g/mol. The van der Waals surface area contributed by atoms with E-state index in [1.807, 2.05) is 10.8 Å². The Bertz CT molecular complexity index is 522. The Hall–Kier alpha value is -1.78. The van der Waals surface area contributed by atoms with Gasteiger partial charge in [-0.05, 0) is 18.8 Å². The maximum absolute atomic E-state index is 11.0. The molecule has 2 aromatic heterocycles. The van der Waals surface area contributed by atoms with Crippen LogP contribution in [0.4, 0.5) is 0 Å². The molecule has 1 N–H and O–H groups in total. The SMILES string of the molecule is O=C(O)c1cnn2ccn(CC3CC3)c12. The van der Waals surface area contributed by atoms with Gasteiger partial charge in [0.1, 0.15) is 11.2 Å². The van der Waals surface area contributed by atoms with Crippen molar-refractivity contribution in [3.8, 4) is 0 Å².